The summed E-state index contributed by atoms with van der Waals surface area (Å²) >= 11 is 0. The van der Waals surface area contributed by atoms with Gasteiger partial charge >= 0.3 is 5.97 Å². The molecule has 0 spiro atoms. The minimum Gasteiger partial charge on any atom is -0.459 e. The Balaban J connectivity index is 2.52. The van der Waals surface area contributed by atoms with Crippen LogP contribution in [0, 0.1) is 10.8 Å². The van der Waals surface area contributed by atoms with Gasteiger partial charge in [-0.2, -0.15) is 0 Å². The first-order valence-corrected chi connectivity index (χ1v) is 6.65. The van der Waals surface area contributed by atoms with Crippen molar-refractivity contribution in [1.29, 1.82) is 0 Å². The fraction of sp³-hybridized carbons (Fsp3) is 0.733. The van der Waals surface area contributed by atoms with Gasteiger partial charge in [0.15, 0.2) is 6.29 Å². The molecule has 0 amide bonds. The molecule has 1 aliphatic rings. The van der Waals surface area contributed by atoms with E-state index in [1.165, 1.54) is 6.92 Å². The molecule has 0 aromatic carbocycles. The van der Waals surface area contributed by atoms with Crippen molar-refractivity contribution in [3.8, 4) is 0 Å². The maximum atomic E-state index is 11.5. The standard InChI is InChI=1S/C15H24O5/c1-10(2)11(16)12(17)18-9-15(5,6)13-19-7-14(3,4)8-20-13/h13H,1,7-9H2,2-6H3. The minimum atomic E-state index is -0.887. The lowest BCUT2D eigenvalue weighted by molar-refractivity contribution is -0.268. The lowest BCUT2D eigenvalue weighted by Gasteiger charge is -2.41. The topological polar surface area (TPSA) is 61.8 Å². The second-order valence-corrected chi connectivity index (χ2v) is 6.79. The van der Waals surface area contributed by atoms with Crippen LogP contribution in [0.5, 0.6) is 0 Å². The third-order valence-corrected chi connectivity index (χ3v) is 3.04. The smallest absolute Gasteiger partial charge is 0.379 e. The second kappa shape index (κ2) is 6.06. The summed E-state index contributed by atoms with van der Waals surface area (Å²) in [5.74, 6) is -1.59. The first kappa shape index (κ1) is 16.9. The molecule has 0 unspecified atom stereocenters. The molecule has 0 aromatic heterocycles. The van der Waals surface area contributed by atoms with Crippen molar-refractivity contribution in [3.05, 3.63) is 12.2 Å². The summed E-state index contributed by atoms with van der Waals surface area (Å²) < 4.78 is 16.4. The van der Waals surface area contributed by atoms with E-state index in [9.17, 15) is 9.59 Å². The molecule has 1 heterocycles. The van der Waals surface area contributed by atoms with Gasteiger partial charge in [0.2, 0.25) is 0 Å². The highest BCUT2D eigenvalue weighted by atomic mass is 16.7. The van der Waals surface area contributed by atoms with E-state index in [0.717, 1.165) is 0 Å². The Morgan fingerprint density at radius 1 is 1.30 bits per heavy atom. The van der Waals surface area contributed by atoms with Gasteiger partial charge in [-0.3, -0.25) is 4.79 Å². The Labute approximate surface area is 120 Å². The van der Waals surface area contributed by atoms with Crippen molar-refractivity contribution >= 4 is 11.8 Å². The maximum absolute atomic E-state index is 11.5. The van der Waals surface area contributed by atoms with Crippen molar-refractivity contribution in [1.82, 2.24) is 0 Å². The van der Waals surface area contributed by atoms with Crippen LogP contribution >= 0.6 is 0 Å². The first-order chi connectivity index (χ1) is 9.05. The molecule has 1 fully saturated rings. The fourth-order valence-electron chi connectivity index (χ4n) is 1.70. The van der Waals surface area contributed by atoms with Gasteiger partial charge in [0, 0.05) is 10.8 Å². The molecule has 0 atom stereocenters. The second-order valence-electron chi connectivity index (χ2n) is 6.79. The Morgan fingerprint density at radius 3 is 2.25 bits per heavy atom. The van der Waals surface area contributed by atoms with Crippen LogP contribution in [0.3, 0.4) is 0 Å². The zero-order valence-corrected chi connectivity index (χ0v) is 12.9. The highest BCUT2D eigenvalue weighted by molar-refractivity contribution is 6.40. The molecule has 1 aliphatic heterocycles. The molecular weight excluding hydrogens is 260 g/mol. The molecule has 0 aliphatic carbocycles. The Kier molecular flexibility index (Phi) is 5.10. The van der Waals surface area contributed by atoms with Crippen molar-refractivity contribution < 1.29 is 23.8 Å². The highest BCUT2D eigenvalue weighted by Gasteiger charge is 2.39. The normalized spacial score (nSPS) is 19.4. The zero-order valence-electron chi connectivity index (χ0n) is 12.9. The predicted molar refractivity (Wildman–Crippen MR) is 74.0 cm³/mol. The predicted octanol–water partition coefficient (Wildman–Crippen LogP) is 2.10. The summed E-state index contributed by atoms with van der Waals surface area (Å²) in [7, 11) is 0. The minimum absolute atomic E-state index is 0.0147. The third kappa shape index (κ3) is 4.42. The van der Waals surface area contributed by atoms with Gasteiger partial charge in [-0.1, -0.05) is 34.3 Å². The summed E-state index contributed by atoms with van der Waals surface area (Å²) in [6.45, 7) is 14.0. The van der Waals surface area contributed by atoms with Crippen LogP contribution in [-0.2, 0) is 23.8 Å². The fourth-order valence-corrected chi connectivity index (χ4v) is 1.70. The Hall–Kier alpha value is -1.20. The SMILES string of the molecule is C=C(C)C(=O)C(=O)OCC(C)(C)C1OCC(C)(C)CO1. The molecule has 0 N–H and O–H groups in total. The molecule has 1 saturated heterocycles. The monoisotopic (exact) mass is 284 g/mol. The summed E-state index contributed by atoms with van der Waals surface area (Å²) in [5.41, 5.74) is -0.375. The largest absolute Gasteiger partial charge is 0.459 e. The quantitative estimate of drug-likeness (QED) is 0.439. The number of ketones is 1. The van der Waals surface area contributed by atoms with Crippen molar-refractivity contribution in [2.45, 2.75) is 40.9 Å². The molecule has 0 bridgehead atoms. The summed E-state index contributed by atoms with van der Waals surface area (Å²) in [4.78, 5) is 22.9. The number of hydrogen-bond donors (Lipinski definition) is 0. The summed E-state index contributed by atoms with van der Waals surface area (Å²) in [6.07, 6.45) is -0.455. The molecule has 0 saturated carbocycles. The molecule has 0 aromatic rings. The van der Waals surface area contributed by atoms with Gasteiger partial charge in [0.05, 0.1) is 13.2 Å². The van der Waals surface area contributed by atoms with Crippen LogP contribution in [0.1, 0.15) is 34.6 Å². The molecule has 5 heteroatoms. The number of rotatable bonds is 5. The number of carbonyl (C=O) groups excluding carboxylic acids is 2. The van der Waals surface area contributed by atoms with Crippen LogP contribution < -0.4 is 0 Å². The molecule has 5 nitrogen and oxygen atoms in total. The van der Waals surface area contributed by atoms with E-state index in [4.69, 9.17) is 14.2 Å². The number of Topliss-reactive ketones (excluding diaryl/α,β-unsaturated/α-hetero) is 1. The van der Waals surface area contributed by atoms with Gasteiger partial charge < -0.3 is 14.2 Å². The highest BCUT2D eigenvalue weighted by Crippen LogP contribution is 2.32. The van der Waals surface area contributed by atoms with Crippen molar-refractivity contribution in [3.63, 3.8) is 0 Å². The van der Waals surface area contributed by atoms with Crippen LogP contribution in [-0.4, -0.2) is 37.9 Å². The lowest BCUT2D eigenvalue weighted by Crippen LogP contribution is -2.47. The lowest BCUT2D eigenvalue weighted by atomic mass is 9.90. The van der Waals surface area contributed by atoms with E-state index in [-0.39, 0.29) is 17.6 Å². The van der Waals surface area contributed by atoms with Crippen LogP contribution in [0.15, 0.2) is 12.2 Å². The van der Waals surface area contributed by atoms with E-state index in [2.05, 4.69) is 20.4 Å². The van der Waals surface area contributed by atoms with E-state index >= 15 is 0 Å². The summed E-state index contributed by atoms with van der Waals surface area (Å²) in [5, 5.41) is 0. The first-order valence-electron chi connectivity index (χ1n) is 6.65. The van der Waals surface area contributed by atoms with E-state index in [1.54, 1.807) is 0 Å². The van der Waals surface area contributed by atoms with Gasteiger partial charge in [0.1, 0.15) is 6.61 Å². The summed E-state index contributed by atoms with van der Waals surface area (Å²) in [6, 6.07) is 0. The number of esters is 1. The van der Waals surface area contributed by atoms with Gasteiger partial charge in [-0.05, 0) is 12.5 Å². The molecular formula is C15H24O5. The van der Waals surface area contributed by atoms with Crippen molar-refractivity contribution in [2.24, 2.45) is 10.8 Å². The molecule has 0 radical (unpaired) electrons. The van der Waals surface area contributed by atoms with Gasteiger partial charge in [0.25, 0.3) is 5.78 Å². The average molecular weight is 284 g/mol. The van der Waals surface area contributed by atoms with E-state index in [1.807, 2.05) is 13.8 Å². The molecule has 114 valence electrons. The van der Waals surface area contributed by atoms with Gasteiger partial charge in [-0.25, -0.2) is 4.79 Å². The van der Waals surface area contributed by atoms with E-state index < -0.39 is 23.5 Å². The number of ether oxygens (including phenoxy) is 3. The van der Waals surface area contributed by atoms with Gasteiger partial charge in [-0.15, -0.1) is 0 Å². The molecule has 1 rings (SSSR count). The third-order valence-electron chi connectivity index (χ3n) is 3.04. The van der Waals surface area contributed by atoms with Crippen LogP contribution in [0.4, 0.5) is 0 Å². The number of carbonyl (C=O) groups is 2. The Bertz CT molecular complexity index is 398. The number of hydrogen-bond acceptors (Lipinski definition) is 5. The van der Waals surface area contributed by atoms with E-state index in [0.29, 0.717) is 13.2 Å². The van der Waals surface area contributed by atoms with Crippen LogP contribution in [0.2, 0.25) is 0 Å². The van der Waals surface area contributed by atoms with Crippen LogP contribution in [0.25, 0.3) is 0 Å². The zero-order chi connectivity index (χ0) is 15.6. The maximum Gasteiger partial charge on any atom is 0.379 e. The Morgan fingerprint density at radius 2 is 1.80 bits per heavy atom. The molecule has 20 heavy (non-hydrogen) atoms. The van der Waals surface area contributed by atoms with Crippen molar-refractivity contribution in [2.75, 3.05) is 19.8 Å². The average Bonchev–Trinajstić information content (AvgIpc) is 2.34.